The monoisotopic (exact) mass is 392 g/mol. The highest BCUT2D eigenvalue weighted by atomic mass is 16.6. The van der Waals surface area contributed by atoms with Crippen molar-refractivity contribution in [3.63, 3.8) is 0 Å². The Morgan fingerprint density at radius 1 is 1.21 bits per heavy atom. The zero-order valence-electron chi connectivity index (χ0n) is 15.7. The van der Waals surface area contributed by atoms with Crippen LogP contribution in [-0.4, -0.2) is 39.9 Å². The summed E-state index contributed by atoms with van der Waals surface area (Å²) in [6, 6.07) is 15.5. The number of aromatic nitrogens is 2. The number of nitro benzene ring substituents is 1. The molecule has 8 nitrogen and oxygen atoms in total. The third-order valence-corrected chi connectivity index (χ3v) is 4.88. The number of nitrogens with one attached hydrogen (secondary N) is 1. The molecular weight excluding hydrogens is 372 g/mol. The molecule has 148 valence electrons. The summed E-state index contributed by atoms with van der Waals surface area (Å²) in [4.78, 5) is 23.4. The summed E-state index contributed by atoms with van der Waals surface area (Å²) >= 11 is 0. The Kier molecular flexibility index (Phi) is 5.35. The molecule has 8 heteroatoms. The highest BCUT2D eigenvalue weighted by Gasteiger charge is 2.22. The summed E-state index contributed by atoms with van der Waals surface area (Å²) in [5.41, 5.74) is 2.52. The lowest BCUT2D eigenvalue weighted by atomic mass is 10.1. The number of nitro groups is 1. The quantitative estimate of drug-likeness (QED) is 0.512. The fourth-order valence-corrected chi connectivity index (χ4v) is 3.41. The van der Waals surface area contributed by atoms with E-state index >= 15 is 0 Å². The lowest BCUT2D eigenvalue weighted by Gasteiger charge is -2.12. The van der Waals surface area contributed by atoms with Gasteiger partial charge in [0.25, 0.3) is 11.6 Å². The fourth-order valence-electron chi connectivity index (χ4n) is 3.41. The average molecular weight is 392 g/mol. The minimum atomic E-state index is -0.449. The maximum absolute atomic E-state index is 12.9. The third kappa shape index (κ3) is 4.02. The van der Waals surface area contributed by atoms with E-state index in [2.05, 4.69) is 10.4 Å². The van der Waals surface area contributed by atoms with Crippen LogP contribution in [0, 0.1) is 10.1 Å². The maximum Gasteiger partial charge on any atom is 0.269 e. The van der Waals surface area contributed by atoms with E-state index in [0.717, 1.165) is 25.0 Å². The lowest BCUT2D eigenvalue weighted by Crippen LogP contribution is -2.31. The topological polar surface area (TPSA) is 99.3 Å². The van der Waals surface area contributed by atoms with Crippen LogP contribution in [-0.2, 0) is 4.74 Å². The van der Waals surface area contributed by atoms with E-state index in [1.165, 1.54) is 18.3 Å². The number of nitrogens with zero attached hydrogens (tertiary/aromatic N) is 3. The standard InChI is InChI=1S/C21H20N4O4/c26-21(22-13-18-7-4-12-29-18)19-14-23-24(20(19)15-5-2-1-3-6-15)16-8-10-17(11-9-16)25(27)28/h1-3,5-6,8-11,14,18H,4,7,12-13H2,(H,22,26)/t18-/m0/s1. The summed E-state index contributed by atoms with van der Waals surface area (Å²) in [7, 11) is 0. The Labute approximate surface area is 167 Å². The number of carbonyl (C=O) groups excluding carboxylic acids is 1. The molecule has 0 bridgehead atoms. The highest BCUT2D eigenvalue weighted by molar-refractivity contribution is 6.00. The van der Waals surface area contributed by atoms with Crippen LogP contribution in [0.5, 0.6) is 0 Å². The number of benzene rings is 2. The van der Waals surface area contributed by atoms with E-state index in [-0.39, 0.29) is 17.7 Å². The van der Waals surface area contributed by atoms with Gasteiger partial charge in [-0.25, -0.2) is 4.68 Å². The van der Waals surface area contributed by atoms with Crippen molar-refractivity contribution >= 4 is 11.6 Å². The molecule has 3 aromatic rings. The third-order valence-electron chi connectivity index (χ3n) is 4.88. The van der Waals surface area contributed by atoms with E-state index in [1.807, 2.05) is 30.3 Å². The number of carbonyl (C=O) groups is 1. The fraction of sp³-hybridized carbons (Fsp3) is 0.238. The summed E-state index contributed by atoms with van der Waals surface area (Å²) < 4.78 is 7.19. The van der Waals surface area contributed by atoms with Crippen molar-refractivity contribution in [2.24, 2.45) is 0 Å². The second-order valence-corrected chi connectivity index (χ2v) is 6.80. The molecule has 0 aliphatic carbocycles. The number of ether oxygens (including phenoxy) is 1. The average Bonchev–Trinajstić information content (AvgIpc) is 3.42. The zero-order chi connectivity index (χ0) is 20.2. The molecule has 1 fully saturated rings. The van der Waals surface area contributed by atoms with Crippen molar-refractivity contribution in [3.05, 3.63) is 76.5 Å². The molecule has 0 unspecified atom stereocenters. The predicted molar refractivity (Wildman–Crippen MR) is 107 cm³/mol. The van der Waals surface area contributed by atoms with Gasteiger partial charge in [0, 0.05) is 30.8 Å². The van der Waals surface area contributed by atoms with Crippen LogP contribution < -0.4 is 5.32 Å². The molecule has 4 rings (SSSR count). The molecule has 1 aliphatic heterocycles. The van der Waals surface area contributed by atoms with Gasteiger partial charge in [-0.1, -0.05) is 30.3 Å². The van der Waals surface area contributed by atoms with Gasteiger partial charge < -0.3 is 10.1 Å². The van der Waals surface area contributed by atoms with E-state index in [0.29, 0.717) is 23.5 Å². The minimum absolute atomic E-state index is 0.00306. The van der Waals surface area contributed by atoms with Crippen LogP contribution in [0.2, 0.25) is 0 Å². The summed E-state index contributed by atoms with van der Waals surface area (Å²) in [6.07, 6.45) is 3.51. The Morgan fingerprint density at radius 2 is 1.97 bits per heavy atom. The van der Waals surface area contributed by atoms with Gasteiger partial charge in [-0.2, -0.15) is 5.10 Å². The van der Waals surface area contributed by atoms with Gasteiger partial charge in [0.05, 0.1) is 34.2 Å². The number of rotatable bonds is 6. The first-order chi connectivity index (χ1) is 14.1. The molecule has 2 aromatic carbocycles. The molecule has 0 saturated carbocycles. The first-order valence-corrected chi connectivity index (χ1v) is 9.41. The second kappa shape index (κ2) is 8.24. The van der Waals surface area contributed by atoms with Crippen molar-refractivity contribution in [1.82, 2.24) is 15.1 Å². The van der Waals surface area contributed by atoms with Crippen molar-refractivity contribution in [1.29, 1.82) is 0 Å². The largest absolute Gasteiger partial charge is 0.376 e. The Balaban J connectivity index is 1.68. The summed E-state index contributed by atoms with van der Waals surface area (Å²) in [6.45, 7) is 1.18. The molecular formula is C21H20N4O4. The molecule has 2 heterocycles. The van der Waals surface area contributed by atoms with E-state index in [1.54, 1.807) is 16.8 Å². The first kappa shape index (κ1) is 18.8. The van der Waals surface area contributed by atoms with Crippen LogP contribution in [0.1, 0.15) is 23.2 Å². The summed E-state index contributed by atoms with van der Waals surface area (Å²) in [5, 5.41) is 18.3. The van der Waals surface area contributed by atoms with Gasteiger partial charge in [-0.05, 0) is 25.0 Å². The number of hydrogen-bond acceptors (Lipinski definition) is 5. The predicted octanol–water partition coefficient (Wildman–Crippen LogP) is 3.36. The van der Waals surface area contributed by atoms with Gasteiger partial charge in [-0.3, -0.25) is 14.9 Å². The van der Waals surface area contributed by atoms with Gasteiger partial charge >= 0.3 is 0 Å². The molecule has 29 heavy (non-hydrogen) atoms. The maximum atomic E-state index is 12.9. The minimum Gasteiger partial charge on any atom is -0.376 e. The molecule has 1 aromatic heterocycles. The highest BCUT2D eigenvalue weighted by Crippen LogP contribution is 2.27. The molecule has 1 N–H and O–H groups in total. The van der Waals surface area contributed by atoms with Crippen molar-refractivity contribution in [2.75, 3.05) is 13.2 Å². The SMILES string of the molecule is O=C(NC[C@@H]1CCCO1)c1cnn(-c2ccc([N+](=O)[O-])cc2)c1-c1ccccc1. The molecule has 0 spiro atoms. The van der Waals surface area contributed by atoms with E-state index in [4.69, 9.17) is 4.74 Å². The lowest BCUT2D eigenvalue weighted by molar-refractivity contribution is -0.384. The van der Waals surface area contributed by atoms with Crippen molar-refractivity contribution in [2.45, 2.75) is 18.9 Å². The molecule has 1 aliphatic rings. The Morgan fingerprint density at radius 3 is 2.62 bits per heavy atom. The van der Waals surface area contributed by atoms with Crippen molar-refractivity contribution < 1.29 is 14.5 Å². The Bertz CT molecular complexity index is 1010. The second-order valence-electron chi connectivity index (χ2n) is 6.80. The van der Waals surface area contributed by atoms with Crippen molar-refractivity contribution in [3.8, 4) is 16.9 Å². The smallest absolute Gasteiger partial charge is 0.269 e. The zero-order valence-corrected chi connectivity index (χ0v) is 15.7. The van der Waals surface area contributed by atoms with Crippen LogP contribution in [0.4, 0.5) is 5.69 Å². The van der Waals surface area contributed by atoms with Crippen LogP contribution >= 0.6 is 0 Å². The summed E-state index contributed by atoms with van der Waals surface area (Å²) in [5.74, 6) is -0.229. The van der Waals surface area contributed by atoms with Gasteiger partial charge in [-0.15, -0.1) is 0 Å². The number of hydrogen-bond donors (Lipinski definition) is 1. The van der Waals surface area contributed by atoms with Gasteiger partial charge in [0.2, 0.25) is 0 Å². The first-order valence-electron chi connectivity index (χ1n) is 9.41. The number of amides is 1. The molecule has 0 radical (unpaired) electrons. The molecule has 1 amide bonds. The van der Waals surface area contributed by atoms with E-state index in [9.17, 15) is 14.9 Å². The number of non-ortho nitro benzene ring substituents is 1. The van der Waals surface area contributed by atoms with Gasteiger partial charge in [0.15, 0.2) is 0 Å². The van der Waals surface area contributed by atoms with Crippen LogP contribution in [0.3, 0.4) is 0 Å². The molecule has 1 saturated heterocycles. The Hall–Kier alpha value is -3.52. The molecule has 1 atom stereocenters. The van der Waals surface area contributed by atoms with E-state index < -0.39 is 4.92 Å². The van der Waals surface area contributed by atoms with Crippen LogP contribution in [0.25, 0.3) is 16.9 Å². The van der Waals surface area contributed by atoms with Crippen LogP contribution in [0.15, 0.2) is 60.8 Å². The van der Waals surface area contributed by atoms with Gasteiger partial charge in [0.1, 0.15) is 0 Å². The normalized spacial score (nSPS) is 15.9.